The molecule has 88 valence electrons. The van der Waals surface area contributed by atoms with Crippen LogP contribution in [-0.4, -0.2) is 31.1 Å². The SMILES string of the molecule is C[C@@H](c1ccc(Cl)c(Br)c1)N1CCNCC1. The maximum absolute atomic E-state index is 6.00. The van der Waals surface area contributed by atoms with E-state index in [9.17, 15) is 0 Å². The number of hydrogen-bond acceptors (Lipinski definition) is 2. The standard InChI is InChI=1S/C12H16BrClN2/c1-9(16-6-4-15-5-7-16)10-2-3-12(14)11(13)8-10/h2-3,8-9,15H,4-7H2,1H3/t9-/m0/s1. The van der Waals surface area contributed by atoms with Crippen LogP contribution in [0.5, 0.6) is 0 Å². The third-order valence-electron chi connectivity index (χ3n) is 3.13. The molecule has 0 amide bonds. The van der Waals surface area contributed by atoms with Crippen molar-refractivity contribution in [2.75, 3.05) is 26.2 Å². The fourth-order valence-corrected chi connectivity index (χ4v) is 2.57. The first kappa shape index (κ1) is 12.4. The lowest BCUT2D eigenvalue weighted by Gasteiger charge is -2.33. The van der Waals surface area contributed by atoms with Crippen molar-refractivity contribution in [1.82, 2.24) is 10.2 Å². The van der Waals surface area contributed by atoms with Gasteiger partial charge < -0.3 is 5.32 Å². The van der Waals surface area contributed by atoms with Gasteiger partial charge in [-0.2, -0.15) is 0 Å². The second-order valence-electron chi connectivity index (χ2n) is 4.14. The van der Waals surface area contributed by atoms with E-state index in [-0.39, 0.29) is 0 Å². The Balaban J connectivity index is 2.12. The largest absolute Gasteiger partial charge is 0.314 e. The van der Waals surface area contributed by atoms with E-state index in [1.165, 1.54) is 5.56 Å². The van der Waals surface area contributed by atoms with E-state index in [0.717, 1.165) is 35.7 Å². The van der Waals surface area contributed by atoms with Crippen LogP contribution in [-0.2, 0) is 0 Å². The summed E-state index contributed by atoms with van der Waals surface area (Å²) in [7, 11) is 0. The Morgan fingerprint density at radius 3 is 2.69 bits per heavy atom. The molecule has 0 spiro atoms. The van der Waals surface area contributed by atoms with Gasteiger partial charge in [0.15, 0.2) is 0 Å². The van der Waals surface area contributed by atoms with Gasteiger partial charge in [0.25, 0.3) is 0 Å². The van der Waals surface area contributed by atoms with Crippen LogP contribution in [0, 0.1) is 0 Å². The van der Waals surface area contributed by atoms with Crippen molar-refractivity contribution in [2.24, 2.45) is 0 Å². The molecule has 0 radical (unpaired) electrons. The summed E-state index contributed by atoms with van der Waals surface area (Å²) in [5.41, 5.74) is 1.32. The maximum Gasteiger partial charge on any atom is 0.0548 e. The first-order chi connectivity index (χ1) is 7.68. The molecule has 0 bridgehead atoms. The van der Waals surface area contributed by atoms with E-state index < -0.39 is 0 Å². The molecule has 4 heteroatoms. The number of nitrogens with zero attached hydrogens (tertiary/aromatic N) is 1. The molecular weight excluding hydrogens is 288 g/mol. The Hall–Kier alpha value is -0.0900. The molecule has 1 aromatic carbocycles. The molecule has 16 heavy (non-hydrogen) atoms. The van der Waals surface area contributed by atoms with Crippen molar-refractivity contribution in [3.8, 4) is 0 Å². The van der Waals surface area contributed by atoms with Gasteiger partial charge in [-0.3, -0.25) is 4.90 Å². The zero-order valence-electron chi connectivity index (χ0n) is 9.34. The number of hydrogen-bond donors (Lipinski definition) is 1. The summed E-state index contributed by atoms with van der Waals surface area (Å²) in [6.07, 6.45) is 0. The molecule has 2 rings (SSSR count). The highest BCUT2D eigenvalue weighted by atomic mass is 79.9. The summed E-state index contributed by atoms with van der Waals surface area (Å²) in [4.78, 5) is 2.49. The molecule has 0 saturated carbocycles. The highest BCUT2D eigenvalue weighted by Gasteiger charge is 2.18. The molecule has 1 atom stereocenters. The first-order valence-corrected chi connectivity index (χ1v) is 6.75. The zero-order chi connectivity index (χ0) is 11.5. The van der Waals surface area contributed by atoms with Crippen LogP contribution in [0.1, 0.15) is 18.5 Å². The summed E-state index contributed by atoms with van der Waals surface area (Å²) in [6.45, 7) is 6.64. The second kappa shape index (κ2) is 5.50. The number of nitrogens with one attached hydrogen (secondary N) is 1. The van der Waals surface area contributed by atoms with E-state index in [1.807, 2.05) is 6.07 Å². The quantitative estimate of drug-likeness (QED) is 0.903. The number of rotatable bonds is 2. The molecule has 1 aliphatic heterocycles. The number of piperazine rings is 1. The minimum atomic E-state index is 0.454. The lowest BCUT2D eigenvalue weighted by atomic mass is 10.1. The van der Waals surface area contributed by atoms with Crippen LogP contribution in [0.4, 0.5) is 0 Å². The monoisotopic (exact) mass is 302 g/mol. The Labute approximate surface area is 110 Å². The Kier molecular flexibility index (Phi) is 4.25. The van der Waals surface area contributed by atoms with Crippen LogP contribution in [0.25, 0.3) is 0 Å². The predicted octanol–water partition coefficient (Wildman–Crippen LogP) is 3.07. The van der Waals surface area contributed by atoms with Gasteiger partial charge in [-0.15, -0.1) is 0 Å². The van der Waals surface area contributed by atoms with E-state index in [4.69, 9.17) is 11.6 Å². The maximum atomic E-state index is 6.00. The normalized spacial score (nSPS) is 19.7. The van der Waals surface area contributed by atoms with Crippen LogP contribution < -0.4 is 5.32 Å². The zero-order valence-corrected chi connectivity index (χ0v) is 11.7. The van der Waals surface area contributed by atoms with Crippen molar-refractivity contribution >= 4 is 27.5 Å². The number of halogens is 2. The molecule has 0 aromatic heterocycles. The van der Waals surface area contributed by atoms with Crippen LogP contribution in [0.3, 0.4) is 0 Å². The molecule has 1 saturated heterocycles. The van der Waals surface area contributed by atoms with E-state index in [2.05, 4.69) is 45.2 Å². The van der Waals surface area contributed by atoms with Crippen molar-refractivity contribution in [2.45, 2.75) is 13.0 Å². The molecule has 0 unspecified atom stereocenters. The predicted molar refractivity (Wildman–Crippen MR) is 72.0 cm³/mol. The van der Waals surface area contributed by atoms with E-state index in [0.29, 0.717) is 6.04 Å². The van der Waals surface area contributed by atoms with Gasteiger partial charge >= 0.3 is 0 Å². The van der Waals surface area contributed by atoms with Gasteiger partial charge in [0.05, 0.1) is 5.02 Å². The summed E-state index contributed by atoms with van der Waals surface area (Å²) in [5.74, 6) is 0. The van der Waals surface area contributed by atoms with Gasteiger partial charge in [-0.1, -0.05) is 17.7 Å². The Morgan fingerprint density at radius 2 is 2.06 bits per heavy atom. The summed E-state index contributed by atoms with van der Waals surface area (Å²) in [5, 5.41) is 4.14. The van der Waals surface area contributed by atoms with Crippen LogP contribution in [0.2, 0.25) is 5.02 Å². The number of benzene rings is 1. The lowest BCUT2D eigenvalue weighted by Crippen LogP contribution is -2.44. The van der Waals surface area contributed by atoms with Gasteiger partial charge in [0.2, 0.25) is 0 Å². The van der Waals surface area contributed by atoms with Gasteiger partial charge in [-0.05, 0) is 40.5 Å². The average Bonchev–Trinajstić information content (AvgIpc) is 2.33. The van der Waals surface area contributed by atoms with Gasteiger partial charge in [0, 0.05) is 36.7 Å². The van der Waals surface area contributed by atoms with Crippen LogP contribution in [0.15, 0.2) is 22.7 Å². The summed E-state index contributed by atoms with van der Waals surface area (Å²) < 4.78 is 0.980. The summed E-state index contributed by atoms with van der Waals surface area (Å²) in [6, 6.07) is 6.64. The molecule has 1 fully saturated rings. The molecule has 2 nitrogen and oxygen atoms in total. The third kappa shape index (κ3) is 2.77. The highest BCUT2D eigenvalue weighted by molar-refractivity contribution is 9.10. The first-order valence-electron chi connectivity index (χ1n) is 5.58. The topological polar surface area (TPSA) is 15.3 Å². The average molecular weight is 304 g/mol. The van der Waals surface area contributed by atoms with Gasteiger partial charge in [0.1, 0.15) is 0 Å². The molecule has 1 aromatic rings. The fraction of sp³-hybridized carbons (Fsp3) is 0.500. The van der Waals surface area contributed by atoms with Crippen LogP contribution >= 0.6 is 27.5 Å². The van der Waals surface area contributed by atoms with Gasteiger partial charge in [-0.25, -0.2) is 0 Å². The van der Waals surface area contributed by atoms with Crippen molar-refractivity contribution in [1.29, 1.82) is 0 Å². The molecule has 0 aliphatic carbocycles. The van der Waals surface area contributed by atoms with Crippen molar-refractivity contribution in [3.05, 3.63) is 33.3 Å². The lowest BCUT2D eigenvalue weighted by molar-refractivity contribution is 0.185. The molecule has 1 aliphatic rings. The highest BCUT2D eigenvalue weighted by Crippen LogP contribution is 2.28. The van der Waals surface area contributed by atoms with Crippen molar-refractivity contribution in [3.63, 3.8) is 0 Å². The Morgan fingerprint density at radius 1 is 1.38 bits per heavy atom. The van der Waals surface area contributed by atoms with Crippen molar-refractivity contribution < 1.29 is 0 Å². The Bertz CT molecular complexity index is 364. The molecular formula is C12H16BrClN2. The molecule has 1 heterocycles. The third-order valence-corrected chi connectivity index (χ3v) is 4.34. The minimum absolute atomic E-state index is 0.454. The second-order valence-corrected chi connectivity index (χ2v) is 5.40. The van der Waals surface area contributed by atoms with E-state index >= 15 is 0 Å². The summed E-state index contributed by atoms with van der Waals surface area (Å²) >= 11 is 9.48. The molecule has 1 N–H and O–H groups in total. The van der Waals surface area contributed by atoms with E-state index in [1.54, 1.807) is 0 Å². The minimum Gasteiger partial charge on any atom is -0.314 e. The smallest absolute Gasteiger partial charge is 0.0548 e. The fourth-order valence-electron chi connectivity index (χ4n) is 2.05.